The Balaban J connectivity index is 2.00. The van der Waals surface area contributed by atoms with Crippen LogP contribution in [-0.4, -0.2) is 22.1 Å². The largest absolute Gasteiger partial charge is 0.480 e. The molecule has 1 atom stereocenters. The molecule has 1 saturated carbocycles. The summed E-state index contributed by atoms with van der Waals surface area (Å²) in [6, 6.07) is -0.258. The van der Waals surface area contributed by atoms with Crippen LogP contribution in [0.3, 0.4) is 0 Å². The van der Waals surface area contributed by atoms with Crippen LogP contribution in [0.4, 0.5) is 0 Å². The Morgan fingerprint density at radius 2 is 2.12 bits per heavy atom. The summed E-state index contributed by atoms with van der Waals surface area (Å²) in [5.41, 5.74) is 1.68. The van der Waals surface area contributed by atoms with E-state index in [2.05, 4.69) is 10.3 Å². The van der Waals surface area contributed by atoms with Crippen LogP contribution >= 0.6 is 11.3 Å². The first-order valence-electron chi connectivity index (χ1n) is 6.14. The van der Waals surface area contributed by atoms with Crippen molar-refractivity contribution in [1.82, 2.24) is 10.3 Å². The SMILES string of the molecule is O=C(O)C(NC1CCCCCC1)c1cncs1. The van der Waals surface area contributed by atoms with E-state index in [1.165, 1.54) is 37.0 Å². The Morgan fingerprint density at radius 1 is 1.41 bits per heavy atom. The molecule has 1 heterocycles. The number of hydrogen-bond donors (Lipinski definition) is 2. The Kier molecular flexibility index (Phi) is 4.50. The molecule has 1 unspecified atom stereocenters. The van der Waals surface area contributed by atoms with Gasteiger partial charge in [-0.15, -0.1) is 11.3 Å². The summed E-state index contributed by atoms with van der Waals surface area (Å²) < 4.78 is 0. The first kappa shape index (κ1) is 12.5. The van der Waals surface area contributed by atoms with Crippen LogP contribution in [0.25, 0.3) is 0 Å². The lowest BCUT2D eigenvalue weighted by Gasteiger charge is -2.20. The van der Waals surface area contributed by atoms with Gasteiger partial charge in [-0.25, -0.2) is 0 Å². The molecule has 0 spiro atoms. The van der Waals surface area contributed by atoms with Crippen molar-refractivity contribution in [3.05, 3.63) is 16.6 Å². The number of nitrogens with one attached hydrogen (secondary N) is 1. The second-order valence-electron chi connectivity index (χ2n) is 4.53. The van der Waals surface area contributed by atoms with E-state index in [4.69, 9.17) is 0 Å². The van der Waals surface area contributed by atoms with Gasteiger partial charge in [0.2, 0.25) is 0 Å². The molecule has 0 aliphatic heterocycles. The minimum absolute atomic E-state index is 0.334. The van der Waals surface area contributed by atoms with Gasteiger partial charge in [-0.05, 0) is 12.8 Å². The van der Waals surface area contributed by atoms with Gasteiger partial charge >= 0.3 is 5.97 Å². The van der Waals surface area contributed by atoms with E-state index < -0.39 is 12.0 Å². The van der Waals surface area contributed by atoms with Crippen LogP contribution in [0.15, 0.2) is 11.7 Å². The topological polar surface area (TPSA) is 62.2 Å². The van der Waals surface area contributed by atoms with Crippen LogP contribution in [0.2, 0.25) is 0 Å². The van der Waals surface area contributed by atoms with E-state index in [-0.39, 0.29) is 0 Å². The molecule has 17 heavy (non-hydrogen) atoms. The highest BCUT2D eigenvalue weighted by molar-refractivity contribution is 7.09. The number of carboxylic acid groups (broad SMARTS) is 1. The lowest BCUT2D eigenvalue weighted by Crippen LogP contribution is -2.36. The Morgan fingerprint density at radius 3 is 2.65 bits per heavy atom. The molecule has 0 radical (unpaired) electrons. The Bertz CT molecular complexity index is 345. The Labute approximate surface area is 105 Å². The highest BCUT2D eigenvalue weighted by atomic mass is 32.1. The predicted octanol–water partition coefficient (Wildman–Crippen LogP) is 2.58. The van der Waals surface area contributed by atoms with E-state index in [1.54, 1.807) is 11.7 Å². The molecule has 1 aromatic rings. The fourth-order valence-corrected chi connectivity index (χ4v) is 3.00. The quantitative estimate of drug-likeness (QED) is 0.811. The predicted molar refractivity (Wildman–Crippen MR) is 67.1 cm³/mol. The van der Waals surface area contributed by atoms with Crippen molar-refractivity contribution < 1.29 is 9.90 Å². The first-order valence-corrected chi connectivity index (χ1v) is 7.02. The molecule has 2 rings (SSSR count). The second kappa shape index (κ2) is 6.12. The lowest BCUT2D eigenvalue weighted by molar-refractivity contribution is -0.139. The van der Waals surface area contributed by atoms with Gasteiger partial charge in [0.05, 0.1) is 10.4 Å². The number of carboxylic acids is 1. The van der Waals surface area contributed by atoms with Gasteiger partial charge in [-0.1, -0.05) is 25.7 Å². The van der Waals surface area contributed by atoms with Crippen molar-refractivity contribution in [3.63, 3.8) is 0 Å². The van der Waals surface area contributed by atoms with E-state index in [0.29, 0.717) is 6.04 Å². The number of hydrogen-bond acceptors (Lipinski definition) is 4. The monoisotopic (exact) mass is 254 g/mol. The summed E-state index contributed by atoms with van der Waals surface area (Å²) in [4.78, 5) is 16.0. The van der Waals surface area contributed by atoms with Gasteiger partial charge in [0.15, 0.2) is 0 Å². The van der Waals surface area contributed by atoms with Crippen LogP contribution in [0.5, 0.6) is 0 Å². The third kappa shape index (κ3) is 3.51. The summed E-state index contributed by atoms with van der Waals surface area (Å²) in [6.07, 6.45) is 8.77. The highest BCUT2D eigenvalue weighted by Crippen LogP contribution is 2.23. The molecule has 0 amide bonds. The van der Waals surface area contributed by atoms with E-state index in [1.807, 2.05) is 0 Å². The molecule has 0 aromatic carbocycles. The van der Waals surface area contributed by atoms with Crippen LogP contribution in [0.1, 0.15) is 49.4 Å². The maximum absolute atomic E-state index is 11.3. The van der Waals surface area contributed by atoms with E-state index in [9.17, 15) is 9.90 Å². The van der Waals surface area contributed by atoms with Crippen molar-refractivity contribution in [2.45, 2.75) is 50.6 Å². The van der Waals surface area contributed by atoms with Crippen LogP contribution < -0.4 is 5.32 Å². The van der Waals surface area contributed by atoms with Crippen LogP contribution in [0, 0.1) is 0 Å². The van der Waals surface area contributed by atoms with Crippen molar-refractivity contribution in [1.29, 1.82) is 0 Å². The lowest BCUT2D eigenvalue weighted by atomic mass is 10.1. The molecule has 1 aromatic heterocycles. The second-order valence-corrected chi connectivity index (χ2v) is 5.45. The van der Waals surface area contributed by atoms with Crippen molar-refractivity contribution >= 4 is 17.3 Å². The number of thiazole rings is 1. The van der Waals surface area contributed by atoms with Gasteiger partial charge in [0, 0.05) is 12.2 Å². The van der Waals surface area contributed by atoms with Crippen LogP contribution in [-0.2, 0) is 4.79 Å². The third-order valence-electron chi connectivity index (χ3n) is 3.24. The van der Waals surface area contributed by atoms with Crippen molar-refractivity contribution in [3.8, 4) is 0 Å². The zero-order valence-electron chi connectivity index (χ0n) is 9.76. The maximum atomic E-state index is 11.3. The molecule has 1 aliphatic rings. The molecule has 5 heteroatoms. The minimum Gasteiger partial charge on any atom is -0.480 e. The van der Waals surface area contributed by atoms with Gasteiger partial charge in [-0.2, -0.15) is 0 Å². The van der Waals surface area contributed by atoms with Gasteiger partial charge < -0.3 is 5.11 Å². The Hall–Kier alpha value is -0.940. The number of aromatic nitrogens is 1. The molecular weight excluding hydrogens is 236 g/mol. The summed E-state index contributed by atoms with van der Waals surface area (Å²) >= 11 is 1.40. The third-order valence-corrected chi connectivity index (χ3v) is 4.08. The summed E-state index contributed by atoms with van der Waals surface area (Å²) in [7, 11) is 0. The molecule has 0 saturated heterocycles. The number of carbonyl (C=O) groups is 1. The van der Waals surface area contributed by atoms with Gasteiger partial charge in [0.25, 0.3) is 0 Å². The highest BCUT2D eigenvalue weighted by Gasteiger charge is 2.24. The average Bonchev–Trinajstić information content (AvgIpc) is 2.70. The molecule has 1 aliphatic carbocycles. The molecule has 1 fully saturated rings. The maximum Gasteiger partial charge on any atom is 0.326 e. The number of rotatable bonds is 4. The normalized spacial score (nSPS) is 19.8. The molecule has 94 valence electrons. The summed E-state index contributed by atoms with van der Waals surface area (Å²) in [6.45, 7) is 0. The van der Waals surface area contributed by atoms with Gasteiger partial charge in [-0.3, -0.25) is 15.1 Å². The minimum atomic E-state index is -0.807. The summed E-state index contributed by atoms with van der Waals surface area (Å²) in [5, 5.41) is 12.5. The fraction of sp³-hybridized carbons (Fsp3) is 0.667. The zero-order chi connectivity index (χ0) is 12.1. The smallest absolute Gasteiger partial charge is 0.326 e. The standard InChI is InChI=1S/C12H18N2O2S/c15-12(16)11(10-7-13-8-17-10)14-9-5-3-1-2-4-6-9/h7-9,11,14H,1-6H2,(H,15,16). The van der Waals surface area contributed by atoms with Crippen molar-refractivity contribution in [2.75, 3.05) is 0 Å². The molecule has 2 N–H and O–H groups in total. The van der Waals surface area contributed by atoms with E-state index in [0.717, 1.165) is 17.7 Å². The fourth-order valence-electron chi connectivity index (χ4n) is 2.33. The van der Waals surface area contributed by atoms with Crippen molar-refractivity contribution in [2.24, 2.45) is 0 Å². The summed E-state index contributed by atoms with van der Waals surface area (Å²) in [5.74, 6) is -0.807. The van der Waals surface area contributed by atoms with E-state index >= 15 is 0 Å². The molecule has 4 nitrogen and oxygen atoms in total. The number of aliphatic carboxylic acids is 1. The first-order chi connectivity index (χ1) is 8.27. The molecular formula is C12H18N2O2S. The number of nitrogens with zero attached hydrogens (tertiary/aromatic N) is 1. The van der Waals surface area contributed by atoms with Gasteiger partial charge in [0.1, 0.15) is 6.04 Å². The average molecular weight is 254 g/mol. The molecule has 0 bridgehead atoms. The zero-order valence-corrected chi connectivity index (χ0v) is 10.6.